The van der Waals surface area contributed by atoms with Crippen LogP contribution in [0.3, 0.4) is 0 Å². The van der Waals surface area contributed by atoms with E-state index in [1.165, 1.54) is 5.56 Å². The van der Waals surface area contributed by atoms with Crippen molar-refractivity contribution in [3.8, 4) is 0 Å². The van der Waals surface area contributed by atoms with Crippen LogP contribution >= 0.6 is 11.6 Å². The van der Waals surface area contributed by atoms with Gasteiger partial charge >= 0.3 is 0 Å². The fraction of sp³-hybridized carbons (Fsp3) is 0.727. The van der Waals surface area contributed by atoms with Gasteiger partial charge in [-0.2, -0.15) is 5.10 Å². The molecule has 1 heterocycles. The highest BCUT2D eigenvalue weighted by atomic mass is 35.5. The standard InChI is InChI=1S/C11H20ClN3/c1-10(2)15(7-5-12)6-4-11-8-13-14(3)9-11/h8-10H,4-7H2,1-3H3. The first kappa shape index (κ1) is 12.5. The van der Waals surface area contributed by atoms with Gasteiger partial charge in [-0.15, -0.1) is 11.6 Å². The Morgan fingerprint density at radius 2 is 2.20 bits per heavy atom. The zero-order chi connectivity index (χ0) is 11.3. The number of rotatable bonds is 6. The highest BCUT2D eigenvalue weighted by molar-refractivity contribution is 6.18. The predicted octanol–water partition coefficient (Wildman–Crippen LogP) is 1.91. The number of alkyl halides is 1. The van der Waals surface area contributed by atoms with Crippen molar-refractivity contribution in [2.45, 2.75) is 26.3 Å². The fourth-order valence-electron chi connectivity index (χ4n) is 1.61. The molecule has 0 saturated carbocycles. The molecule has 3 nitrogen and oxygen atoms in total. The first-order valence-electron chi connectivity index (χ1n) is 5.41. The first-order chi connectivity index (χ1) is 7.13. The highest BCUT2D eigenvalue weighted by Crippen LogP contribution is 2.03. The summed E-state index contributed by atoms with van der Waals surface area (Å²) in [6, 6.07) is 0.556. The van der Waals surface area contributed by atoms with Gasteiger partial charge in [0.15, 0.2) is 0 Å². The van der Waals surface area contributed by atoms with E-state index in [2.05, 4.69) is 30.0 Å². The van der Waals surface area contributed by atoms with Crippen LogP contribution in [0.1, 0.15) is 19.4 Å². The molecule has 0 fully saturated rings. The van der Waals surface area contributed by atoms with Crippen molar-refractivity contribution in [2.24, 2.45) is 7.05 Å². The number of hydrogen-bond donors (Lipinski definition) is 0. The van der Waals surface area contributed by atoms with E-state index in [1.807, 2.05) is 17.9 Å². The van der Waals surface area contributed by atoms with E-state index in [0.29, 0.717) is 11.9 Å². The monoisotopic (exact) mass is 229 g/mol. The van der Waals surface area contributed by atoms with E-state index in [0.717, 1.165) is 19.5 Å². The second-order valence-electron chi connectivity index (χ2n) is 4.09. The zero-order valence-corrected chi connectivity index (χ0v) is 10.5. The molecule has 0 amide bonds. The van der Waals surface area contributed by atoms with Crippen LogP contribution in [-0.4, -0.2) is 39.7 Å². The Labute approximate surface area is 97.0 Å². The van der Waals surface area contributed by atoms with Crippen LogP contribution in [0, 0.1) is 0 Å². The molecule has 0 N–H and O–H groups in total. The number of hydrogen-bond acceptors (Lipinski definition) is 2. The Morgan fingerprint density at radius 3 is 2.67 bits per heavy atom. The Hall–Kier alpha value is -0.540. The summed E-state index contributed by atoms with van der Waals surface area (Å²) in [7, 11) is 1.95. The highest BCUT2D eigenvalue weighted by Gasteiger charge is 2.08. The van der Waals surface area contributed by atoms with E-state index < -0.39 is 0 Å². The zero-order valence-electron chi connectivity index (χ0n) is 9.78. The molecular formula is C11H20ClN3. The minimum atomic E-state index is 0.556. The van der Waals surface area contributed by atoms with Gasteiger partial charge in [-0.1, -0.05) is 0 Å². The van der Waals surface area contributed by atoms with Gasteiger partial charge in [0.2, 0.25) is 0 Å². The van der Waals surface area contributed by atoms with E-state index >= 15 is 0 Å². The molecule has 0 spiro atoms. The van der Waals surface area contributed by atoms with Crippen molar-refractivity contribution in [2.75, 3.05) is 19.0 Å². The molecule has 0 radical (unpaired) electrons. The smallest absolute Gasteiger partial charge is 0.0522 e. The summed E-state index contributed by atoms with van der Waals surface area (Å²) in [6.07, 6.45) is 5.04. The molecule has 0 unspecified atom stereocenters. The molecule has 1 aromatic heterocycles. The molecule has 0 atom stereocenters. The lowest BCUT2D eigenvalue weighted by molar-refractivity contribution is 0.238. The van der Waals surface area contributed by atoms with Crippen molar-refractivity contribution in [1.29, 1.82) is 0 Å². The Balaban J connectivity index is 2.39. The van der Waals surface area contributed by atoms with E-state index in [4.69, 9.17) is 11.6 Å². The summed E-state index contributed by atoms with van der Waals surface area (Å²) in [5, 5.41) is 4.16. The molecular weight excluding hydrogens is 210 g/mol. The van der Waals surface area contributed by atoms with E-state index in [1.54, 1.807) is 0 Å². The van der Waals surface area contributed by atoms with E-state index in [9.17, 15) is 0 Å². The van der Waals surface area contributed by atoms with Crippen LogP contribution in [0.15, 0.2) is 12.4 Å². The van der Waals surface area contributed by atoms with Gasteiger partial charge in [0.25, 0.3) is 0 Å². The van der Waals surface area contributed by atoms with Gasteiger partial charge in [-0.3, -0.25) is 9.58 Å². The van der Waals surface area contributed by atoms with Gasteiger partial charge in [0.05, 0.1) is 6.20 Å². The predicted molar refractivity (Wildman–Crippen MR) is 64.3 cm³/mol. The number of nitrogens with zero attached hydrogens (tertiary/aromatic N) is 3. The molecule has 1 rings (SSSR count). The summed E-state index contributed by atoms with van der Waals surface area (Å²) in [4.78, 5) is 2.39. The average molecular weight is 230 g/mol. The SMILES string of the molecule is CC(C)N(CCCl)CCc1cnn(C)c1. The average Bonchev–Trinajstić information content (AvgIpc) is 2.58. The molecule has 1 aromatic rings. The molecule has 0 aliphatic rings. The quantitative estimate of drug-likeness (QED) is 0.695. The number of aromatic nitrogens is 2. The van der Waals surface area contributed by atoms with Gasteiger partial charge in [-0.05, 0) is 25.8 Å². The molecule has 0 aromatic carbocycles. The van der Waals surface area contributed by atoms with E-state index in [-0.39, 0.29) is 0 Å². The lowest BCUT2D eigenvalue weighted by atomic mass is 10.2. The lowest BCUT2D eigenvalue weighted by Crippen LogP contribution is -2.34. The Bertz CT molecular complexity index is 283. The number of aryl methyl sites for hydroxylation is 1. The maximum absolute atomic E-state index is 5.77. The van der Waals surface area contributed by atoms with Crippen molar-refractivity contribution in [1.82, 2.24) is 14.7 Å². The molecule has 0 aliphatic heterocycles. The lowest BCUT2D eigenvalue weighted by Gasteiger charge is -2.25. The molecule has 86 valence electrons. The minimum Gasteiger partial charge on any atom is -0.299 e. The summed E-state index contributed by atoms with van der Waals surface area (Å²) in [5.41, 5.74) is 1.29. The van der Waals surface area contributed by atoms with Crippen LogP contribution in [0.25, 0.3) is 0 Å². The topological polar surface area (TPSA) is 21.1 Å². The Kier molecular flexibility index (Phi) is 5.12. The first-order valence-corrected chi connectivity index (χ1v) is 5.94. The summed E-state index contributed by atoms with van der Waals surface area (Å²) in [6.45, 7) is 6.42. The van der Waals surface area contributed by atoms with Crippen molar-refractivity contribution in [3.05, 3.63) is 18.0 Å². The summed E-state index contributed by atoms with van der Waals surface area (Å²) in [5.74, 6) is 0.700. The number of halogens is 1. The molecule has 0 bridgehead atoms. The summed E-state index contributed by atoms with van der Waals surface area (Å²) < 4.78 is 1.84. The third kappa shape index (κ3) is 4.22. The van der Waals surface area contributed by atoms with Gasteiger partial charge < -0.3 is 0 Å². The van der Waals surface area contributed by atoms with Crippen molar-refractivity contribution < 1.29 is 0 Å². The van der Waals surface area contributed by atoms with Gasteiger partial charge in [0, 0.05) is 38.3 Å². The maximum Gasteiger partial charge on any atom is 0.0522 e. The van der Waals surface area contributed by atoms with Gasteiger partial charge in [-0.25, -0.2) is 0 Å². The van der Waals surface area contributed by atoms with Crippen molar-refractivity contribution in [3.63, 3.8) is 0 Å². The third-order valence-electron chi connectivity index (χ3n) is 2.55. The van der Waals surface area contributed by atoms with Crippen LogP contribution in [0.5, 0.6) is 0 Å². The molecule has 4 heteroatoms. The molecule has 0 saturated heterocycles. The third-order valence-corrected chi connectivity index (χ3v) is 2.72. The fourth-order valence-corrected chi connectivity index (χ4v) is 1.83. The maximum atomic E-state index is 5.77. The van der Waals surface area contributed by atoms with Crippen molar-refractivity contribution >= 4 is 11.6 Å². The largest absolute Gasteiger partial charge is 0.299 e. The molecule has 0 aliphatic carbocycles. The minimum absolute atomic E-state index is 0.556. The summed E-state index contributed by atoms with van der Waals surface area (Å²) >= 11 is 5.77. The Morgan fingerprint density at radius 1 is 1.47 bits per heavy atom. The van der Waals surface area contributed by atoms with Crippen LogP contribution in [0.4, 0.5) is 0 Å². The van der Waals surface area contributed by atoms with Crippen LogP contribution in [-0.2, 0) is 13.5 Å². The normalized spacial score (nSPS) is 11.6. The second kappa shape index (κ2) is 6.13. The van der Waals surface area contributed by atoms with Gasteiger partial charge in [0.1, 0.15) is 0 Å². The molecule has 15 heavy (non-hydrogen) atoms. The van der Waals surface area contributed by atoms with Crippen LogP contribution < -0.4 is 0 Å². The second-order valence-corrected chi connectivity index (χ2v) is 4.47. The van der Waals surface area contributed by atoms with Crippen LogP contribution in [0.2, 0.25) is 0 Å².